The Morgan fingerprint density at radius 1 is 1.10 bits per heavy atom. The van der Waals surface area contributed by atoms with E-state index in [-0.39, 0.29) is 17.8 Å². The van der Waals surface area contributed by atoms with Gasteiger partial charge in [0.15, 0.2) is 0 Å². The first kappa shape index (κ1) is 14.8. The first-order valence-corrected chi connectivity index (χ1v) is 8.27. The number of carbonyl (C=O) groups excluding carboxylic acids is 2. The number of methoxy groups -OCH3 is 1. The Hall–Kier alpha value is -1.10. The Morgan fingerprint density at radius 3 is 2.29 bits per heavy atom. The fraction of sp³-hybridized carbons (Fsp3) is 0.875. The van der Waals surface area contributed by atoms with Crippen LogP contribution in [0.3, 0.4) is 0 Å². The number of nitrogens with one attached hydrogen (secondary N) is 1. The normalized spacial score (nSPS) is 33.0. The predicted molar refractivity (Wildman–Crippen MR) is 78.6 cm³/mol. The van der Waals surface area contributed by atoms with Crippen LogP contribution in [0.25, 0.3) is 0 Å². The fourth-order valence-electron chi connectivity index (χ4n) is 4.25. The SMILES string of the molecule is COC(=O)C1CCN(C(=O)CC2CC3CCC(C2)N3)CC1. The van der Waals surface area contributed by atoms with Gasteiger partial charge in [0.2, 0.25) is 5.91 Å². The third-order valence-corrected chi connectivity index (χ3v) is 5.42. The maximum absolute atomic E-state index is 12.4. The van der Waals surface area contributed by atoms with E-state index in [0.29, 0.717) is 37.5 Å². The van der Waals surface area contributed by atoms with Gasteiger partial charge in [0.1, 0.15) is 0 Å². The summed E-state index contributed by atoms with van der Waals surface area (Å²) in [6, 6.07) is 1.29. The Morgan fingerprint density at radius 2 is 1.71 bits per heavy atom. The molecule has 2 bridgehead atoms. The highest BCUT2D eigenvalue weighted by atomic mass is 16.5. The van der Waals surface area contributed by atoms with Gasteiger partial charge in [-0.05, 0) is 44.4 Å². The lowest BCUT2D eigenvalue weighted by Gasteiger charge is -2.33. The number of likely N-dealkylation sites (tertiary alicyclic amines) is 1. The molecule has 3 saturated heterocycles. The standard InChI is InChI=1S/C16H26N2O3/c1-21-16(20)12-4-6-18(7-5-12)15(19)10-11-8-13-2-3-14(9-11)17-13/h11-14,17H,2-10H2,1H3. The number of ether oxygens (including phenoxy) is 1. The average Bonchev–Trinajstić information content (AvgIpc) is 2.85. The molecule has 3 aliphatic rings. The van der Waals surface area contributed by atoms with Crippen molar-refractivity contribution in [3.8, 4) is 0 Å². The minimum Gasteiger partial charge on any atom is -0.469 e. The molecule has 3 fully saturated rings. The molecule has 118 valence electrons. The largest absolute Gasteiger partial charge is 0.469 e. The van der Waals surface area contributed by atoms with Crippen LogP contribution in [-0.2, 0) is 14.3 Å². The van der Waals surface area contributed by atoms with Crippen LogP contribution in [0.1, 0.15) is 44.9 Å². The number of esters is 1. The number of fused-ring (bicyclic) bond motifs is 2. The molecular formula is C16H26N2O3. The summed E-state index contributed by atoms with van der Waals surface area (Å²) in [7, 11) is 1.44. The van der Waals surface area contributed by atoms with Crippen molar-refractivity contribution >= 4 is 11.9 Å². The number of hydrogen-bond acceptors (Lipinski definition) is 4. The predicted octanol–water partition coefficient (Wildman–Crippen LogP) is 1.32. The van der Waals surface area contributed by atoms with Gasteiger partial charge in [-0.25, -0.2) is 0 Å². The second-order valence-electron chi connectivity index (χ2n) is 6.86. The molecular weight excluding hydrogens is 268 g/mol. The molecule has 21 heavy (non-hydrogen) atoms. The van der Waals surface area contributed by atoms with Crippen LogP contribution >= 0.6 is 0 Å². The minimum absolute atomic E-state index is 0.0197. The van der Waals surface area contributed by atoms with Crippen LogP contribution in [0, 0.1) is 11.8 Å². The van der Waals surface area contributed by atoms with E-state index < -0.39 is 0 Å². The summed E-state index contributed by atoms with van der Waals surface area (Å²) < 4.78 is 4.79. The zero-order chi connectivity index (χ0) is 14.8. The van der Waals surface area contributed by atoms with Crippen molar-refractivity contribution in [1.82, 2.24) is 10.2 Å². The van der Waals surface area contributed by atoms with Crippen LogP contribution in [0.4, 0.5) is 0 Å². The molecule has 0 aromatic carbocycles. The molecule has 2 atom stereocenters. The molecule has 3 heterocycles. The molecule has 3 aliphatic heterocycles. The number of piperidine rings is 2. The molecule has 1 N–H and O–H groups in total. The Kier molecular flexibility index (Phi) is 4.48. The van der Waals surface area contributed by atoms with E-state index in [1.165, 1.54) is 20.0 Å². The highest BCUT2D eigenvalue weighted by Gasteiger charge is 2.35. The molecule has 3 rings (SSSR count). The molecule has 0 saturated carbocycles. The highest BCUT2D eigenvalue weighted by molar-refractivity contribution is 5.77. The summed E-state index contributed by atoms with van der Waals surface area (Å²) in [4.78, 5) is 25.9. The smallest absolute Gasteiger partial charge is 0.308 e. The van der Waals surface area contributed by atoms with Crippen molar-refractivity contribution in [1.29, 1.82) is 0 Å². The number of carbonyl (C=O) groups is 2. The van der Waals surface area contributed by atoms with E-state index in [4.69, 9.17) is 4.74 Å². The van der Waals surface area contributed by atoms with Crippen LogP contribution in [-0.4, -0.2) is 49.1 Å². The zero-order valence-corrected chi connectivity index (χ0v) is 12.8. The van der Waals surface area contributed by atoms with Crippen molar-refractivity contribution in [2.75, 3.05) is 20.2 Å². The third-order valence-electron chi connectivity index (χ3n) is 5.42. The van der Waals surface area contributed by atoms with Gasteiger partial charge in [-0.3, -0.25) is 9.59 Å². The van der Waals surface area contributed by atoms with Crippen molar-refractivity contribution in [2.45, 2.75) is 57.0 Å². The topological polar surface area (TPSA) is 58.6 Å². The lowest BCUT2D eigenvalue weighted by molar-refractivity contribution is -0.149. The molecule has 5 heteroatoms. The third kappa shape index (κ3) is 3.39. The molecule has 0 spiro atoms. The van der Waals surface area contributed by atoms with Gasteiger partial charge in [-0.15, -0.1) is 0 Å². The van der Waals surface area contributed by atoms with Gasteiger partial charge in [0, 0.05) is 31.6 Å². The van der Waals surface area contributed by atoms with Gasteiger partial charge < -0.3 is 15.0 Å². The van der Waals surface area contributed by atoms with E-state index >= 15 is 0 Å². The molecule has 5 nitrogen and oxygen atoms in total. The van der Waals surface area contributed by atoms with Gasteiger partial charge in [-0.2, -0.15) is 0 Å². The van der Waals surface area contributed by atoms with Gasteiger partial charge in [0.05, 0.1) is 13.0 Å². The summed E-state index contributed by atoms with van der Waals surface area (Å²) in [6.07, 6.45) is 7.05. The first-order chi connectivity index (χ1) is 10.2. The second-order valence-corrected chi connectivity index (χ2v) is 6.86. The molecule has 0 aromatic heterocycles. The average molecular weight is 294 g/mol. The maximum atomic E-state index is 12.4. The van der Waals surface area contributed by atoms with Crippen molar-refractivity contribution in [2.24, 2.45) is 11.8 Å². The van der Waals surface area contributed by atoms with E-state index in [2.05, 4.69) is 5.32 Å². The van der Waals surface area contributed by atoms with Gasteiger partial charge in [0.25, 0.3) is 0 Å². The van der Waals surface area contributed by atoms with Crippen LogP contribution in [0.2, 0.25) is 0 Å². The minimum atomic E-state index is -0.128. The van der Waals surface area contributed by atoms with E-state index in [0.717, 1.165) is 25.7 Å². The molecule has 0 radical (unpaired) electrons. The lowest BCUT2D eigenvalue weighted by atomic mass is 9.88. The summed E-state index contributed by atoms with van der Waals surface area (Å²) >= 11 is 0. The Bertz CT molecular complexity index is 392. The number of hydrogen-bond donors (Lipinski definition) is 1. The number of rotatable bonds is 3. The number of nitrogens with zero attached hydrogens (tertiary/aromatic N) is 1. The van der Waals surface area contributed by atoms with Gasteiger partial charge in [-0.1, -0.05) is 0 Å². The maximum Gasteiger partial charge on any atom is 0.308 e. The Labute approximate surface area is 126 Å². The van der Waals surface area contributed by atoms with Crippen molar-refractivity contribution in [3.63, 3.8) is 0 Å². The number of amides is 1. The molecule has 2 unspecified atom stereocenters. The molecule has 0 aliphatic carbocycles. The quantitative estimate of drug-likeness (QED) is 0.798. The van der Waals surface area contributed by atoms with E-state index in [9.17, 15) is 9.59 Å². The summed E-state index contributed by atoms with van der Waals surface area (Å²) in [6.45, 7) is 1.41. The highest BCUT2D eigenvalue weighted by Crippen LogP contribution is 2.33. The van der Waals surface area contributed by atoms with Crippen LogP contribution in [0.5, 0.6) is 0 Å². The van der Waals surface area contributed by atoms with E-state index in [1.807, 2.05) is 4.90 Å². The Balaban J connectivity index is 1.45. The zero-order valence-electron chi connectivity index (χ0n) is 12.8. The van der Waals surface area contributed by atoms with Crippen LogP contribution in [0.15, 0.2) is 0 Å². The molecule has 1 amide bonds. The summed E-state index contributed by atoms with van der Waals surface area (Å²) in [5.41, 5.74) is 0. The summed E-state index contributed by atoms with van der Waals surface area (Å²) in [5.74, 6) is 0.685. The van der Waals surface area contributed by atoms with Crippen molar-refractivity contribution in [3.05, 3.63) is 0 Å². The second kappa shape index (κ2) is 6.34. The fourth-order valence-corrected chi connectivity index (χ4v) is 4.25. The molecule has 0 aromatic rings. The van der Waals surface area contributed by atoms with Crippen LogP contribution < -0.4 is 5.32 Å². The monoisotopic (exact) mass is 294 g/mol. The van der Waals surface area contributed by atoms with Crippen molar-refractivity contribution < 1.29 is 14.3 Å². The lowest BCUT2D eigenvalue weighted by Crippen LogP contribution is -2.43. The first-order valence-electron chi connectivity index (χ1n) is 8.27. The van der Waals surface area contributed by atoms with Gasteiger partial charge >= 0.3 is 5.97 Å². The summed E-state index contributed by atoms with van der Waals surface area (Å²) in [5, 5.41) is 3.62. The van der Waals surface area contributed by atoms with E-state index in [1.54, 1.807) is 0 Å².